The van der Waals surface area contributed by atoms with Crippen molar-refractivity contribution in [1.82, 2.24) is 15.2 Å². The van der Waals surface area contributed by atoms with Crippen LogP contribution in [0.2, 0.25) is 0 Å². The average molecular weight is 391 g/mol. The number of nitrogens with one attached hydrogen (secondary N) is 1. The molecule has 1 aromatic carbocycles. The smallest absolute Gasteiger partial charge is 0.232 e. The summed E-state index contributed by atoms with van der Waals surface area (Å²) in [4.78, 5) is 28.5. The summed E-state index contributed by atoms with van der Waals surface area (Å²) < 4.78 is 0.777. The number of ketones is 1. The van der Waals surface area contributed by atoms with Gasteiger partial charge in [-0.3, -0.25) is 9.59 Å². The normalized spacial score (nSPS) is 10.6. The first-order valence-electron chi connectivity index (χ1n) is 7.35. The molecule has 1 N–H and O–H groups in total. The third kappa shape index (κ3) is 5.18. The number of aryl methyl sites for hydroxylation is 1. The SMILES string of the molecule is Cc1nnc(NC(=O)Cc2csc(SCC(=O)c3ccccc3)n2)s1. The van der Waals surface area contributed by atoms with Gasteiger partial charge in [0, 0.05) is 10.9 Å². The highest BCUT2D eigenvalue weighted by Gasteiger charge is 2.12. The van der Waals surface area contributed by atoms with Crippen molar-refractivity contribution in [3.63, 3.8) is 0 Å². The van der Waals surface area contributed by atoms with E-state index in [1.807, 2.05) is 30.5 Å². The number of thiazole rings is 1. The summed E-state index contributed by atoms with van der Waals surface area (Å²) in [7, 11) is 0. The number of Topliss-reactive ketones (excluding diaryl/α,β-unsaturated/α-hetero) is 1. The first-order chi connectivity index (χ1) is 12.1. The van der Waals surface area contributed by atoms with Crippen molar-refractivity contribution >= 4 is 51.3 Å². The van der Waals surface area contributed by atoms with Gasteiger partial charge in [-0.15, -0.1) is 21.5 Å². The number of anilines is 1. The second-order valence-corrected chi connectivity index (χ2v) is 8.30. The van der Waals surface area contributed by atoms with E-state index in [0.29, 0.717) is 22.1 Å². The molecule has 0 unspecified atom stereocenters. The molecule has 25 heavy (non-hydrogen) atoms. The largest absolute Gasteiger partial charge is 0.300 e. The molecule has 2 heterocycles. The van der Waals surface area contributed by atoms with Gasteiger partial charge in [0.15, 0.2) is 10.1 Å². The summed E-state index contributed by atoms with van der Waals surface area (Å²) in [6, 6.07) is 9.17. The Kier molecular flexibility index (Phi) is 5.90. The van der Waals surface area contributed by atoms with E-state index in [9.17, 15) is 9.59 Å². The van der Waals surface area contributed by atoms with Crippen molar-refractivity contribution in [3.05, 3.63) is 52.0 Å². The molecule has 0 aliphatic heterocycles. The van der Waals surface area contributed by atoms with E-state index in [0.717, 1.165) is 9.35 Å². The van der Waals surface area contributed by atoms with Crippen LogP contribution in [0.3, 0.4) is 0 Å². The van der Waals surface area contributed by atoms with Gasteiger partial charge in [-0.1, -0.05) is 53.4 Å². The summed E-state index contributed by atoms with van der Waals surface area (Å²) in [5.74, 6) is 0.206. The summed E-state index contributed by atoms with van der Waals surface area (Å²) >= 11 is 4.15. The Hall–Kier alpha value is -2.10. The number of amides is 1. The van der Waals surface area contributed by atoms with Crippen LogP contribution >= 0.6 is 34.4 Å². The molecule has 0 aliphatic carbocycles. The first-order valence-corrected chi connectivity index (χ1v) is 10.0. The van der Waals surface area contributed by atoms with Crippen molar-refractivity contribution < 1.29 is 9.59 Å². The Morgan fingerprint density at radius 1 is 1.20 bits per heavy atom. The summed E-state index contributed by atoms with van der Waals surface area (Å²) in [6.07, 6.45) is 0.169. The highest BCUT2D eigenvalue weighted by Crippen LogP contribution is 2.24. The van der Waals surface area contributed by atoms with E-state index in [1.165, 1.54) is 34.4 Å². The van der Waals surface area contributed by atoms with Gasteiger partial charge in [0.05, 0.1) is 17.9 Å². The Morgan fingerprint density at radius 2 is 2.00 bits per heavy atom. The number of hydrogen-bond acceptors (Lipinski definition) is 8. The zero-order valence-electron chi connectivity index (χ0n) is 13.3. The molecule has 0 bridgehead atoms. The highest BCUT2D eigenvalue weighted by atomic mass is 32.2. The minimum Gasteiger partial charge on any atom is -0.300 e. The fraction of sp³-hybridized carbons (Fsp3) is 0.188. The molecule has 3 rings (SSSR count). The van der Waals surface area contributed by atoms with Gasteiger partial charge in [-0.2, -0.15) is 0 Å². The molecule has 9 heteroatoms. The zero-order chi connectivity index (χ0) is 17.6. The van der Waals surface area contributed by atoms with E-state index < -0.39 is 0 Å². The predicted octanol–water partition coefficient (Wildman–Crippen LogP) is 3.46. The molecule has 0 radical (unpaired) electrons. The topological polar surface area (TPSA) is 84.8 Å². The molecule has 0 aliphatic rings. The van der Waals surface area contributed by atoms with Crippen molar-refractivity contribution in [2.75, 3.05) is 11.1 Å². The van der Waals surface area contributed by atoms with Crippen molar-refractivity contribution in [1.29, 1.82) is 0 Å². The lowest BCUT2D eigenvalue weighted by Gasteiger charge is -1.99. The van der Waals surface area contributed by atoms with Gasteiger partial charge in [-0.05, 0) is 6.92 Å². The quantitative estimate of drug-likeness (QED) is 0.491. The van der Waals surface area contributed by atoms with Crippen molar-refractivity contribution in [2.45, 2.75) is 17.7 Å². The lowest BCUT2D eigenvalue weighted by atomic mass is 10.2. The van der Waals surface area contributed by atoms with E-state index in [2.05, 4.69) is 20.5 Å². The summed E-state index contributed by atoms with van der Waals surface area (Å²) in [5.41, 5.74) is 1.37. The number of benzene rings is 1. The van der Waals surface area contributed by atoms with Crippen LogP contribution in [0.5, 0.6) is 0 Å². The fourth-order valence-electron chi connectivity index (χ4n) is 1.95. The Morgan fingerprint density at radius 3 is 2.72 bits per heavy atom. The lowest BCUT2D eigenvalue weighted by molar-refractivity contribution is -0.115. The molecule has 0 fully saturated rings. The van der Waals surface area contributed by atoms with E-state index in [-0.39, 0.29) is 18.1 Å². The number of thioether (sulfide) groups is 1. The second-order valence-electron chi connectivity index (χ2n) is 5.03. The molecular formula is C16H14N4O2S3. The van der Waals surface area contributed by atoms with Crippen molar-refractivity contribution in [3.8, 4) is 0 Å². The van der Waals surface area contributed by atoms with Gasteiger partial charge in [0.1, 0.15) is 5.01 Å². The van der Waals surface area contributed by atoms with Gasteiger partial charge in [-0.25, -0.2) is 4.98 Å². The second kappa shape index (κ2) is 8.32. The molecule has 0 saturated carbocycles. The van der Waals surface area contributed by atoms with Crippen molar-refractivity contribution in [2.24, 2.45) is 0 Å². The Bertz CT molecular complexity index is 876. The molecule has 3 aromatic rings. The fourth-order valence-corrected chi connectivity index (χ4v) is 4.29. The van der Waals surface area contributed by atoms with Gasteiger partial charge in [0.2, 0.25) is 11.0 Å². The number of carbonyl (C=O) groups is 2. The van der Waals surface area contributed by atoms with Crippen LogP contribution in [0.4, 0.5) is 5.13 Å². The van der Waals surface area contributed by atoms with Crippen LogP contribution in [0.15, 0.2) is 40.1 Å². The maximum atomic E-state index is 12.1. The molecule has 0 saturated heterocycles. The molecular weight excluding hydrogens is 376 g/mol. The Labute approximate surface area is 156 Å². The minimum absolute atomic E-state index is 0.0618. The Balaban J connectivity index is 1.50. The molecule has 1 amide bonds. The van der Waals surface area contributed by atoms with Gasteiger partial charge >= 0.3 is 0 Å². The van der Waals surface area contributed by atoms with E-state index in [1.54, 1.807) is 12.1 Å². The summed E-state index contributed by atoms with van der Waals surface area (Å²) in [5, 5.41) is 13.5. The number of aromatic nitrogens is 3. The van der Waals surface area contributed by atoms with Crippen LogP contribution in [-0.4, -0.2) is 32.6 Å². The molecule has 2 aromatic heterocycles. The third-order valence-corrected chi connectivity index (χ3v) is 5.89. The maximum absolute atomic E-state index is 12.1. The molecule has 0 atom stereocenters. The zero-order valence-corrected chi connectivity index (χ0v) is 15.7. The minimum atomic E-state index is -0.182. The van der Waals surface area contributed by atoms with Gasteiger partial charge < -0.3 is 5.32 Å². The number of hydrogen-bond donors (Lipinski definition) is 1. The monoisotopic (exact) mass is 390 g/mol. The average Bonchev–Trinajstić information content (AvgIpc) is 3.22. The first kappa shape index (κ1) is 17.7. The lowest BCUT2D eigenvalue weighted by Crippen LogP contribution is -2.14. The third-order valence-electron chi connectivity index (χ3n) is 3.07. The molecule has 6 nitrogen and oxygen atoms in total. The maximum Gasteiger partial charge on any atom is 0.232 e. The van der Waals surface area contributed by atoms with Crippen LogP contribution in [0.1, 0.15) is 21.1 Å². The molecule has 0 spiro atoms. The summed E-state index contributed by atoms with van der Waals surface area (Å²) in [6.45, 7) is 1.83. The number of nitrogens with zero attached hydrogens (tertiary/aromatic N) is 3. The highest BCUT2D eigenvalue weighted by molar-refractivity contribution is 8.01. The van der Waals surface area contributed by atoms with Crippen LogP contribution in [0.25, 0.3) is 0 Å². The number of carbonyl (C=O) groups excluding carboxylic acids is 2. The number of rotatable bonds is 7. The van der Waals surface area contributed by atoms with Crippen LogP contribution < -0.4 is 5.32 Å². The van der Waals surface area contributed by atoms with E-state index in [4.69, 9.17) is 0 Å². The standard InChI is InChI=1S/C16H14N4O2S3/c1-10-19-20-15(25-10)18-14(22)7-12-8-23-16(17-12)24-9-13(21)11-5-3-2-4-6-11/h2-6,8H,7,9H2,1H3,(H,18,20,22). The van der Waals surface area contributed by atoms with E-state index >= 15 is 0 Å². The van der Waals surface area contributed by atoms with Crippen LogP contribution in [-0.2, 0) is 11.2 Å². The van der Waals surface area contributed by atoms with Crippen LogP contribution in [0, 0.1) is 6.92 Å². The molecule has 128 valence electrons. The van der Waals surface area contributed by atoms with Gasteiger partial charge in [0.25, 0.3) is 0 Å². The predicted molar refractivity (Wildman–Crippen MR) is 101 cm³/mol.